The number of carbonyl (C=O) groups excluding carboxylic acids is 2. The Morgan fingerprint density at radius 3 is 2.12 bits per heavy atom. The number of hydrogen-bond acceptors (Lipinski definition) is 5. The molecule has 0 bridgehead atoms. The topological polar surface area (TPSA) is 105 Å². The number of carbonyl (C=O) groups is 2. The van der Waals surface area contributed by atoms with Crippen molar-refractivity contribution in [1.29, 1.82) is 0 Å². The molecular weight excluding hydrogens is 547 g/mol. The monoisotopic (exact) mass is 577 g/mol. The predicted molar refractivity (Wildman–Crippen MR) is 141 cm³/mol. The molecule has 1 saturated heterocycles. The van der Waals surface area contributed by atoms with Gasteiger partial charge in [-0.2, -0.15) is 22.6 Å². The van der Waals surface area contributed by atoms with Gasteiger partial charge in [0.1, 0.15) is 0 Å². The zero-order valence-corrected chi connectivity index (χ0v) is 22.8. The first-order valence-corrected chi connectivity index (χ1v) is 14.2. The number of nitrogens with zero attached hydrogens (tertiary/aromatic N) is 4. The Morgan fingerprint density at radius 1 is 0.975 bits per heavy atom. The molecule has 9 nitrogen and oxygen atoms in total. The van der Waals surface area contributed by atoms with Crippen molar-refractivity contribution in [3.8, 4) is 5.69 Å². The highest BCUT2D eigenvalue weighted by Gasteiger charge is 2.40. The van der Waals surface area contributed by atoms with E-state index < -0.39 is 45.4 Å². The van der Waals surface area contributed by atoms with Crippen LogP contribution >= 0.6 is 0 Å². The van der Waals surface area contributed by atoms with Crippen LogP contribution in [0.5, 0.6) is 0 Å². The fourth-order valence-electron chi connectivity index (χ4n) is 4.86. The van der Waals surface area contributed by atoms with Gasteiger partial charge in [-0.1, -0.05) is 36.4 Å². The van der Waals surface area contributed by atoms with Gasteiger partial charge in [0.05, 0.1) is 16.1 Å². The highest BCUT2D eigenvalue weighted by molar-refractivity contribution is 7.89. The lowest BCUT2D eigenvalue weighted by Crippen LogP contribution is -2.59. The molecule has 13 heteroatoms. The Kier molecular flexibility index (Phi) is 8.64. The standard InChI is InChI=1S/C27H30F3N5O4S/c1-19-16-33(17-20(2)35(19)40(38,39)22-12-7-4-8-13-22)24(36)14-9-15-31-26(37)23-18-34(21-10-5-3-6-11-21)32-25(23)27(28,29)30/h3-8,10-13,18-20H,9,14-17H2,1-2H3,(H,31,37). The Labute approximate surface area is 230 Å². The SMILES string of the molecule is CC1CN(C(=O)CCCNC(=O)c2cn(-c3ccccc3)nc2C(F)(F)F)CC(C)N1S(=O)(=O)c1ccccc1. The molecule has 1 aliphatic rings. The summed E-state index contributed by atoms with van der Waals surface area (Å²) in [7, 11) is -3.74. The molecule has 2 heterocycles. The smallest absolute Gasteiger partial charge is 0.352 e. The van der Waals surface area contributed by atoms with Gasteiger partial charge in [-0.15, -0.1) is 0 Å². The molecule has 0 spiro atoms. The van der Waals surface area contributed by atoms with Crippen LogP contribution in [0.1, 0.15) is 42.7 Å². The number of alkyl halides is 3. The number of sulfonamides is 1. The van der Waals surface area contributed by atoms with Crippen LogP contribution in [0.2, 0.25) is 0 Å². The second-order valence-electron chi connectivity index (χ2n) is 9.67. The number of halogens is 3. The van der Waals surface area contributed by atoms with Gasteiger partial charge in [0, 0.05) is 44.3 Å². The summed E-state index contributed by atoms with van der Waals surface area (Å²) in [5.41, 5.74) is -1.53. The third kappa shape index (κ3) is 6.36. The summed E-state index contributed by atoms with van der Waals surface area (Å²) in [6, 6.07) is 15.3. The van der Waals surface area contributed by atoms with Gasteiger partial charge >= 0.3 is 6.18 Å². The Hall–Kier alpha value is -3.71. The third-order valence-corrected chi connectivity index (χ3v) is 8.75. The average Bonchev–Trinajstić information content (AvgIpc) is 3.38. The third-order valence-electron chi connectivity index (χ3n) is 6.61. The normalized spacial score (nSPS) is 18.5. The maximum Gasteiger partial charge on any atom is 0.435 e. The van der Waals surface area contributed by atoms with Crippen LogP contribution in [0.15, 0.2) is 71.8 Å². The van der Waals surface area contributed by atoms with Crippen molar-refractivity contribution in [3.05, 3.63) is 78.1 Å². The number of nitrogens with one attached hydrogen (secondary N) is 1. The maximum absolute atomic E-state index is 13.6. The lowest BCUT2D eigenvalue weighted by atomic mass is 10.1. The van der Waals surface area contributed by atoms with E-state index in [1.807, 2.05) is 0 Å². The number of benzene rings is 2. The van der Waals surface area contributed by atoms with E-state index in [2.05, 4.69) is 10.4 Å². The first kappa shape index (κ1) is 29.3. The van der Waals surface area contributed by atoms with Crippen LogP contribution < -0.4 is 5.32 Å². The molecule has 2 atom stereocenters. The molecule has 40 heavy (non-hydrogen) atoms. The van der Waals surface area contributed by atoms with Crippen LogP contribution in [0.4, 0.5) is 13.2 Å². The molecule has 0 saturated carbocycles. The fraction of sp³-hybridized carbons (Fsp3) is 0.370. The molecule has 1 fully saturated rings. The van der Waals surface area contributed by atoms with Crippen LogP contribution in [0.3, 0.4) is 0 Å². The van der Waals surface area contributed by atoms with Crippen molar-refractivity contribution in [1.82, 2.24) is 24.3 Å². The molecule has 214 valence electrons. The minimum absolute atomic E-state index is 0.0220. The van der Waals surface area contributed by atoms with Crippen LogP contribution in [0.25, 0.3) is 5.69 Å². The molecule has 2 aromatic carbocycles. The van der Waals surface area contributed by atoms with Gasteiger partial charge in [0.2, 0.25) is 15.9 Å². The summed E-state index contributed by atoms with van der Waals surface area (Å²) < 4.78 is 69.4. The predicted octanol–water partition coefficient (Wildman–Crippen LogP) is 3.71. The van der Waals surface area contributed by atoms with E-state index in [1.54, 1.807) is 67.3 Å². The summed E-state index contributed by atoms with van der Waals surface area (Å²) in [5.74, 6) is -1.17. The van der Waals surface area contributed by atoms with E-state index in [1.165, 1.54) is 16.4 Å². The maximum atomic E-state index is 13.6. The van der Waals surface area contributed by atoms with Gasteiger partial charge in [-0.3, -0.25) is 9.59 Å². The summed E-state index contributed by atoms with van der Waals surface area (Å²) in [6.45, 7) is 3.87. The first-order valence-electron chi connectivity index (χ1n) is 12.8. The number of piperazine rings is 1. The Balaban J connectivity index is 1.33. The first-order chi connectivity index (χ1) is 18.9. The quantitative estimate of drug-likeness (QED) is 0.411. The number of amides is 2. The van der Waals surface area contributed by atoms with Gasteiger partial charge < -0.3 is 10.2 Å². The molecule has 3 aromatic rings. The number of rotatable bonds is 8. The van der Waals surface area contributed by atoms with E-state index in [9.17, 15) is 31.2 Å². The van der Waals surface area contributed by atoms with E-state index in [0.29, 0.717) is 5.69 Å². The number of hydrogen-bond donors (Lipinski definition) is 1. The van der Waals surface area contributed by atoms with Gasteiger partial charge in [0.15, 0.2) is 5.69 Å². The van der Waals surface area contributed by atoms with Crippen molar-refractivity contribution in [3.63, 3.8) is 0 Å². The minimum Gasteiger partial charge on any atom is -0.352 e. The van der Waals surface area contributed by atoms with Crippen molar-refractivity contribution in [2.24, 2.45) is 0 Å². The zero-order chi connectivity index (χ0) is 29.1. The van der Waals surface area contributed by atoms with Crippen molar-refractivity contribution in [2.75, 3.05) is 19.6 Å². The molecule has 1 N–H and O–H groups in total. The Morgan fingerprint density at radius 2 is 1.55 bits per heavy atom. The van der Waals surface area contributed by atoms with Crippen molar-refractivity contribution < 1.29 is 31.2 Å². The largest absolute Gasteiger partial charge is 0.435 e. The minimum atomic E-state index is -4.83. The lowest BCUT2D eigenvalue weighted by molar-refractivity contribution is -0.141. The van der Waals surface area contributed by atoms with Gasteiger partial charge in [-0.05, 0) is 44.5 Å². The second kappa shape index (κ2) is 11.8. The van der Waals surface area contributed by atoms with Crippen LogP contribution in [0, 0.1) is 0 Å². The van der Waals surface area contributed by atoms with Crippen molar-refractivity contribution in [2.45, 2.75) is 49.8 Å². The van der Waals surface area contributed by atoms with E-state index in [4.69, 9.17) is 0 Å². The highest BCUT2D eigenvalue weighted by Crippen LogP contribution is 2.31. The molecule has 2 amide bonds. The molecule has 4 rings (SSSR count). The zero-order valence-electron chi connectivity index (χ0n) is 22.0. The average molecular weight is 578 g/mol. The summed E-state index contributed by atoms with van der Waals surface area (Å²) >= 11 is 0. The number of para-hydroxylation sites is 1. The summed E-state index contributed by atoms with van der Waals surface area (Å²) in [4.78, 5) is 27.2. The van der Waals surface area contributed by atoms with Crippen LogP contribution in [-0.2, 0) is 21.0 Å². The molecule has 0 aliphatic carbocycles. The molecule has 0 radical (unpaired) electrons. The van der Waals surface area contributed by atoms with E-state index >= 15 is 0 Å². The van der Waals surface area contributed by atoms with E-state index in [0.717, 1.165) is 10.9 Å². The number of aromatic nitrogens is 2. The molecule has 1 aromatic heterocycles. The molecule has 1 aliphatic heterocycles. The van der Waals surface area contributed by atoms with Gasteiger partial charge in [0.25, 0.3) is 5.91 Å². The van der Waals surface area contributed by atoms with Crippen LogP contribution in [-0.4, -0.2) is 70.9 Å². The molecule has 2 unspecified atom stereocenters. The van der Waals surface area contributed by atoms with Gasteiger partial charge in [-0.25, -0.2) is 13.1 Å². The van der Waals surface area contributed by atoms with E-state index in [-0.39, 0.29) is 43.3 Å². The summed E-state index contributed by atoms with van der Waals surface area (Å²) in [5, 5.41) is 6.02. The summed E-state index contributed by atoms with van der Waals surface area (Å²) in [6.07, 6.45) is -3.55. The fourth-order valence-corrected chi connectivity index (χ4v) is 6.68. The highest BCUT2D eigenvalue weighted by atomic mass is 32.2. The Bertz CT molecular complexity index is 1430. The molecular formula is C27H30F3N5O4S. The second-order valence-corrected chi connectivity index (χ2v) is 11.5. The van der Waals surface area contributed by atoms with Crippen molar-refractivity contribution >= 4 is 21.8 Å². The lowest BCUT2D eigenvalue weighted by Gasteiger charge is -2.43.